The van der Waals surface area contributed by atoms with E-state index in [-0.39, 0.29) is 24.6 Å². The fourth-order valence-electron chi connectivity index (χ4n) is 3.32. The van der Waals surface area contributed by atoms with E-state index >= 15 is 0 Å². The molecule has 3 aromatic rings. The first kappa shape index (κ1) is 21.3. The lowest BCUT2D eigenvalue weighted by molar-refractivity contribution is -0.122. The summed E-state index contributed by atoms with van der Waals surface area (Å²) in [7, 11) is 2.99. The summed E-state index contributed by atoms with van der Waals surface area (Å²) in [6.45, 7) is 1.26. The van der Waals surface area contributed by atoms with Crippen molar-refractivity contribution >= 4 is 16.8 Å². The minimum atomic E-state index is -0.450. The summed E-state index contributed by atoms with van der Waals surface area (Å²) in [6.07, 6.45) is 0.490. The Hall–Kier alpha value is -3.39. The summed E-state index contributed by atoms with van der Waals surface area (Å²) in [5, 5.41) is 12.8. The highest BCUT2D eigenvalue weighted by Crippen LogP contribution is 2.30. The molecule has 0 bridgehead atoms. The number of hydrogen-bond acceptors (Lipinski definition) is 6. The molecule has 0 fully saturated rings. The van der Waals surface area contributed by atoms with E-state index in [0.717, 1.165) is 5.56 Å². The van der Waals surface area contributed by atoms with Crippen LogP contribution in [0.15, 0.2) is 47.3 Å². The van der Waals surface area contributed by atoms with Crippen LogP contribution < -0.4 is 20.3 Å². The highest BCUT2D eigenvalue weighted by atomic mass is 16.5. The molecule has 30 heavy (non-hydrogen) atoms. The molecule has 0 aliphatic rings. The lowest BCUT2D eigenvalue weighted by Crippen LogP contribution is -2.42. The normalized spacial score (nSPS) is 11.9. The van der Waals surface area contributed by atoms with Crippen LogP contribution in [-0.2, 0) is 17.8 Å². The van der Waals surface area contributed by atoms with Crippen molar-refractivity contribution in [3.05, 3.63) is 64.2 Å². The van der Waals surface area contributed by atoms with Crippen molar-refractivity contribution in [2.45, 2.75) is 25.9 Å². The van der Waals surface area contributed by atoms with E-state index < -0.39 is 6.04 Å². The standard InChI is InChI=1S/C22H25N3O5/c1-14-23-18-11-20(30-3)19(29-2)10-17(18)22(28)25(14)12-21(27)24-16(13-26)9-15-7-5-4-6-8-15/h4-8,10-11,16,26H,9,12-13H2,1-3H3,(H,24,27). The van der Waals surface area contributed by atoms with E-state index in [2.05, 4.69) is 10.3 Å². The molecule has 3 rings (SSSR count). The molecule has 8 nitrogen and oxygen atoms in total. The second kappa shape index (κ2) is 9.41. The topological polar surface area (TPSA) is 103 Å². The molecule has 158 valence electrons. The van der Waals surface area contributed by atoms with Crippen LogP contribution in [0, 0.1) is 6.92 Å². The van der Waals surface area contributed by atoms with Gasteiger partial charge in [0.25, 0.3) is 5.56 Å². The zero-order valence-electron chi connectivity index (χ0n) is 17.2. The number of rotatable bonds is 8. The van der Waals surface area contributed by atoms with E-state index in [0.29, 0.717) is 34.6 Å². The van der Waals surface area contributed by atoms with Gasteiger partial charge in [-0.05, 0) is 25.0 Å². The molecule has 1 amide bonds. The van der Waals surface area contributed by atoms with Gasteiger partial charge in [0.2, 0.25) is 5.91 Å². The van der Waals surface area contributed by atoms with Crippen LogP contribution in [0.4, 0.5) is 0 Å². The van der Waals surface area contributed by atoms with Crippen molar-refractivity contribution in [1.29, 1.82) is 0 Å². The third kappa shape index (κ3) is 4.60. The summed E-state index contributed by atoms with van der Waals surface area (Å²) < 4.78 is 11.8. The Morgan fingerprint density at radius 3 is 2.47 bits per heavy atom. The maximum atomic E-state index is 13.0. The second-order valence-electron chi connectivity index (χ2n) is 6.91. The van der Waals surface area contributed by atoms with Crippen LogP contribution in [0.2, 0.25) is 0 Å². The highest BCUT2D eigenvalue weighted by Gasteiger charge is 2.17. The number of benzene rings is 2. The quantitative estimate of drug-likeness (QED) is 0.582. The molecule has 1 heterocycles. The fraction of sp³-hybridized carbons (Fsp3) is 0.318. The third-order valence-corrected chi connectivity index (χ3v) is 4.86. The largest absolute Gasteiger partial charge is 0.493 e. The Bertz CT molecular complexity index is 1100. The molecule has 2 aromatic carbocycles. The lowest BCUT2D eigenvalue weighted by atomic mass is 10.1. The van der Waals surface area contributed by atoms with E-state index in [9.17, 15) is 14.7 Å². The number of aryl methyl sites for hydroxylation is 1. The van der Waals surface area contributed by atoms with Gasteiger partial charge in [-0.25, -0.2) is 4.98 Å². The number of carbonyl (C=O) groups excluding carboxylic acids is 1. The zero-order valence-corrected chi connectivity index (χ0v) is 17.2. The van der Waals surface area contributed by atoms with Gasteiger partial charge >= 0.3 is 0 Å². The van der Waals surface area contributed by atoms with Gasteiger partial charge in [-0.2, -0.15) is 0 Å². The Morgan fingerprint density at radius 1 is 1.17 bits per heavy atom. The third-order valence-electron chi connectivity index (χ3n) is 4.86. The Kier molecular flexibility index (Phi) is 6.68. The Labute approximate surface area is 174 Å². The maximum Gasteiger partial charge on any atom is 0.262 e. The first-order valence-electron chi connectivity index (χ1n) is 9.54. The molecule has 0 radical (unpaired) electrons. The van der Waals surface area contributed by atoms with Gasteiger partial charge in [-0.3, -0.25) is 14.2 Å². The average Bonchev–Trinajstić information content (AvgIpc) is 2.76. The smallest absolute Gasteiger partial charge is 0.262 e. The molecule has 1 unspecified atom stereocenters. The minimum absolute atomic E-state index is 0.201. The Morgan fingerprint density at radius 2 is 1.83 bits per heavy atom. The number of fused-ring (bicyclic) bond motifs is 1. The summed E-state index contributed by atoms with van der Waals surface area (Å²) in [4.78, 5) is 30.0. The predicted octanol–water partition coefficient (Wildman–Crippen LogP) is 1.44. The molecule has 0 saturated heterocycles. The van der Waals surface area contributed by atoms with Crippen LogP contribution in [-0.4, -0.2) is 47.4 Å². The van der Waals surface area contributed by atoms with Crippen molar-refractivity contribution in [2.75, 3.05) is 20.8 Å². The number of aliphatic hydroxyl groups excluding tert-OH is 1. The molecule has 1 aromatic heterocycles. The molecule has 0 spiro atoms. The SMILES string of the molecule is COc1cc2nc(C)n(CC(=O)NC(CO)Cc3ccccc3)c(=O)c2cc1OC. The van der Waals surface area contributed by atoms with Gasteiger partial charge in [-0.1, -0.05) is 30.3 Å². The summed E-state index contributed by atoms with van der Waals surface area (Å²) in [5.74, 6) is 0.903. The zero-order chi connectivity index (χ0) is 21.7. The van der Waals surface area contributed by atoms with Crippen molar-refractivity contribution < 1.29 is 19.4 Å². The molecule has 8 heteroatoms. The first-order chi connectivity index (χ1) is 14.5. The van der Waals surface area contributed by atoms with E-state index in [1.165, 1.54) is 18.8 Å². The van der Waals surface area contributed by atoms with Gasteiger partial charge < -0.3 is 19.9 Å². The number of methoxy groups -OCH3 is 2. The number of ether oxygens (including phenoxy) is 2. The van der Waals surface area contributed by atoms with Gasteiger partial charge in [0.05, 0.1) is 37.8 Å². The van der Waals surface area contributed by atoms with Gasteiger partial charge in [0, 0.05) is 6.07 Å². The summed E-state index contributed by atoms with van der Waals surface area (Å²) in [6, 6.07) is 12.3. The van der Waals surface area contributed by atoms with Gasteiger partial charge in [0.1, 0.15) is 12.4 Å². The molecule has 0 aliphatic carbocycles. The van der Waals surface area contributed by atoms with Crippen LogP contribution >= 0.6 is 0 Å². The monoisotopic (exact) mass is 411 g/mol. The minimum Gasteiger partial charge on any atom is -0.493 e. The average molecular weight is 411 g/mol. The first-order valence-corrected chi connectivity index (χ1v) is 9.54. The van der Waals surface area contributed by atoms with E-state index in [1.54, 1.807) is 19.1 Å². The van der Waals surface area contributed by atoms with Crippen LogP contribution in [0.25, 0.3) is 10.9 Å². The van der Waals surface area contributed by atoms with Crippen molar-refractivity contribution in [2.24, 2.45) is 0 Å². The molecular formula is C22H25N3O5. The number of carbonyl (C=O) groups is 1. The number of hydrogen-bond donors (Lipinski definition) is 2. The summed E-state index contributed by atoms with van der Waals surface area (Å²) in [5.41, 5.74) is 1.11. The van der Waals surface area contributed by atoms with Gasteiger partial charge in [-0.15, -0.1) is 0 Å². The molecule has 2 N–H and O–H groups in total. The number of aromatic nitrogens is 2. The second-order valence-corrected chi connectivity index (χ2v) is 6.91. The molecule has 1 atom stereocenters. The Balaban J connectivity index is 1.83. The highest BCUT2D eigenvalue weighted by molar-refractivity contribution is 5.82. The van der Waals surface area contributed by atoms with E-state index in [1.807, 2.05) is 30.3 Å². The van der Waals surface area contributed by atoms with E-state index in [4.69, 9.17) is 9.47 Å². The maximum absolute atomic E-state index is 13.0. The molecular weight excluding hydrogens is 386 g/mol. The number of nitrogens with zero attached hydrogens (tertiary/aromatic N) is 2. The van der Waals surface area contributed by atoms with Crippen LogP contribution in [0.3, 0.4) is 0 Å². The van der Waals surface area contributed by atoms with Crippen LogP contribution in [0.1, 0.15) is 11.4 Å². The fourth-order valence-corrected chi connectivity index (χ4v) is 3.32. The number of nitrogens with one attached hydrogen (secondary N) is 1. The number of aliphatic hydroxyl groups is 1. The van der Waals surface area contributed by atoms with Crippen molar-refractivity contribution in [1.82, 2.24) is 14.9 Å². The molecule has 0 saturated carbocycles. The predicted molar refractivity (Wildman–Crippen MR) is 113 cm³/mol. The van der Waals surface area contributed by atoms with Crippen LogP contribution in [0.5, 0.6) is 11.5 Å². The molecule has 0 aliphatic heterocycles. The lowest BCUT2D eigenvalue weighted by Gasteiger charge is -2.18. The van der Waals surface area contributed by atoms with Crippen molar-refractivity contribution in [3.8, 4) is 11.5 Å². The van der Waals surface area contributed by atoms with Gasteiger partial charge in [0.15, 0.2) is 11.5 Å². The summed E-state index contributed by atoms with van der Waals surface area (Å²) >= 11 is 0. The van der Waals surface area contributed by atoms with Crippen molar-refractivity contribution in [3.63, 3.8) is 0 Å². The number of amides is 1.